The number of aliphatic hydroxyl groups is 1. The molecule has 0 aromatic carbocycles. The normalized spacial score (nSPS) is 19.8. The van der Waals surface area contributed by atoms with E-state index in [0.29, 0.717) is 19.4 Å². The number of hydrogen-bond donors (Lipinski definition) is 2. The first kappa shape index (κ1) is 14.6. The van der Waals surface area contributed by atoms with Gasteiger partial charge in [-0.15, -0.1) is 0 Å². The summed E-state index contributed by atoms with van der Waals surface area (Å²) in [7, 11) is 0. The highest BCUT2D eigenvalue weighted by atomic mass is 19.4. The number of carbonyl (C=O) groups is 1. The van der Waals surface area contributed by atoms with E-state index in [9.17, 15) is 23.1 Å². The van der Waals surface area contributed by atoms with Crippen molar-refractivity contribution in [1.82, 2.24) is 9.88 Å². The van der Waals surface area contributed by atoms with Crippen LogP contribution in [0.5, 0.6) is 0 Å². The number of rotatable bonds is 1. The standard InChI is InChI=1S/C12H14F3N3O2/c13-12(14,15)10-4-3-8(6-16-10)17-11(20)18-5-1-2-9(19)7-18/h3-4,6,9,19H,1-2,5,7H2,(H,17,20). The largest absolute Gasteiger partial charge is 0.433 e. The summed E-state index contributed by atoms with van der Waals surface area (Å²) >= 11 is 0. The number of anilines is 1. The van der Waals surface area contributed by atoms with Crippen LogP contribution in [0, 0.1) is 0 Å². The summed E-state index contributed by atoms with van der Waals surface area (Å²) in [6.07, 6.45) is -2.76. The molecule has 2 amide bonds. The van der Waals surface area contributed by atoms with Gasteiger partial charge in [0.05, 0.1) is 18.0 Å². The Morgan fingerprint density at radius 1 is 1.45 bits per heavy atom. The van der Waals surface area contributed by atoms with Crippen LogP contribution in [0.1, 0.15) is 18.5 Å². The summed E-state index contributed by atoms with van der Waals surface area (Å²) < 4.78 is 37.0. The average molecular weight is 289 g/mol. The number of aromatic nitrogens is 1. The van der Waals surface area contributed by atoms with E-state index in [2.05, 4.69) is 10.3 Å². The Labute approximate surface area is 113 Å². The number of β-amino-alcohol motifs (C(OH)–C–C–N with tert-alkyl or cyclic N) is 1. The van der Waals surface area contributed by atoms with E-state index in [1.165, 1.54) is 4.90 Å². The first-order valence-electron chi connectivity index (χ1n) is 6.13. The lowest BCUT2D eigenvalue weighted by molar-refractivity contribution is -0.141. The molecule has 5 nitrogen and oxygen atoms in total. The van der Waals surface area contributed by atoms with Crippen molar-refractivity contribution >= 4 is 11.7 Å². The summed E-state index contributed by atoms with van der Waals surface area (Å²) in [5.41, 5.74) is -0.827. The van der Waals surface area contributed by atoms with Crippen LogP contribution in [-0.4, -0.2) is 40.2 Å². The van der Waals surface area contributed by atoms with E-state index in [0.717, 1.165) is 18.3 Å². The lowest BCUT2D eigenvalue weighted by Crippen LogP contribution is -2.44. The molecule has 0 radical (unpaired) electrons. The maximum atomic E-state index is 12.3. The molecule has 2 heterocycles. The number of aliphatic hydroxyl groups excluding tert-OH is 1. The van der Waals surface area contributed by atoms with Crippen molar-refractivity contribution in [3.63, 3.8) is 0 Å². The molecule has 1 aromatic heterocycles. The number of urea groups is 1. The molecular weight excluding hydrogens is 275 g/mol. The van der Waals surface area contributed by atoms with Gasteiger partial charge in [-0.05, 0) is 25.0 Å². The maximum Gasteiger partial charge on any atom is 0.433 e. The predicted molar refractivity (Wildman–Crippen MR) is 65.1 cm³/mol. The number of hydrogen-bond acceptors (Lipinski definition) is 3. The maximum absolute atomic E-state index is 12.3. The minimum absolute atomic E-state index is 0.183. The van der Waals surface area contributed by atoms with Gasteiger partial charge in [0.15, 0.2) is 0 Å². The lowest BCUT2D eigenvalue weighted by atomic mass is 10.1. The molecule has 1 atom stereocenters. The van der Waals surface area contributed by atoms with E-state index in [-0.39, 0.29) is 12.2 Å². The predicted octanol–water partition coefficient (Wildman–Crippen LogP) is 2.09. The highest BCUT2D eigenvalue weighted by Gasteiger charge is 2.32. The fourth-order valence-electron chi connectivity index (χ4n) is 1.98. The second kappa shape index (κ2) is 5.66. The number of piperidine rings is 1. The molecule has 20 heavy (non-hydrogen) atoms. The zero-order valence-corrected chi connectivity index (χ0v) is 10.5. The summed E-state index contributed by atoms with van der Waals surface area (Å²) in [6.45, 7) is 0.733. The fourth-order valence-corrected chi connectivity index (χ4v) is 1.98. The molecule has 1 aromatic rings. The van der Waals surface area contributed by atoms with Crippen LogP contribution in [-0.2, 0) is 6.18 Å². The minimum atomic E-state index is -4.50. The zero-order chi connectivity index (χ0) is 14.8. The summed E-state index contributed by atoms with van der Waals surface area (Å²) in [6, 6.07) is 1.50. The minimum Gasteiger partial charge on any atom is -0.391 e. The van der Waals surface area contributed by atoms with Gasteiger partial charge in [-0.2, -0.15) is 13.2 Å². The summed E-state index contributed by atoms with van der Waals surface area (Å²) in [4.78, 5) is 16.5. The Hall–Kier alpha value is -1.83. The van der Waals surface area contributed by atoms with Crippen molar-refractivity contribution in [3.05, 3.63) is 24.0 Å². The number of nitrogens with zero attached hydrogens (tertiary/aromatic N) is 2. The Kier molecular flexibility index (Phi) is 4.12. The molecule has 1 saturated heterocycles. The van der Waals surface area contributed by atoms with Gasteiger partial charge in [0, 0.05) is 13.1 Å². The second-order valence-corrected chi connectivity index (χ2v) is 4.60. The van der Waals surface area contributed by atoms with Crippen LogP contribution in [0.25, 0.3) is 0 Å². The number of amides is 2. The van der Waals surface area contributed by atoms with Gasteiger partial charge in [0.1, 0.15) is 5.69 Å². The molecular formula is C12H14F3N3O2. The molecule has 110 valence electrons. The Morgan fingerprint density at radius 2 is 2.20 bits per heavy atom. The molecule has 1 aliphatic rings. The molecule has 0 saturated carbocycles. The van der Waals surface area contributed by atoms with E-state index in [1.807, 2.05) is 0 Å². The topological polar surface area (TPSA) is 65.5 Å². The van der Waals surface area contributed by atoms with E-state index >= 15 is 0 Å². The van der Waals surface area contributed by atoms with Crippen LogP contribution >= 0.6 is 0 Å². The van der Waals surface area contributed by atoms with Crippen LogP contribution in [0.3, 0.4) is 0 Å². The monoisotopic (exact) mass is 289 g/mol. The Balaban J connectivity index is 1.97. The van der Waals surface area contributed by atoms with Gasteiger partial charge in [0.25, 0.3) is 0 Å². The van der Waals surface area contributed by atoms with Crippen molar-refractivity contribution in [2.24, 2.45) is 0 Å². The SMILES string of the molecule is O=C(Nc1ccc(C(F)(F)F)nc1)N1CCCC(O)C1. The van der Waals surface area contributed by atoms with Crippen molar-refractivity contribution < 1.29 is 23.1 Å². The van der Waals surface area contributed by atoms with Crippen LogP contribution in [0.15, 0.2) is 18.3 Å². The van der Waals surface area contributed by atoms with E-state index < -0.39 is 24.0 Å². The number of nitrogens with one attached hydrogen (secondary N) is 1. The molecule has 0 bridgehead atoms. The molecule has 2 rings (SSSR count). The van der Waals surface area contributed by atoms with E-state index in [1.54, 1.807) is 0 Å². The number of carbonyl (C=O) groups excluding carboxylic acids is 1. The van der Waals surface area contributed by atoms with Gasteiger partial charge >= 0.3 is 12.2 Å². The summed E-state index contributed by atoms with van der Waals surface area (Å²) in [5, 5.41) is 11.9. The Bertz CT molecular complexity index is 476. The van der Waals surface area contributed by atoms with Crippen molar-refractivity contribution in [3.8, 4) is 0 Å². The highest BCUT2D eigenvalue weighted by Crippen LogP contribution is 2.27. The van der Waals surface area contributed by atoms with Gasteiger partial charge < -0.3 is 15.3 Å². The third kappa shape index (κ3) is 3.60. The lowest BCUT2D eigenvalue weighted by Gasteiger charge is -2.30. The van der Waals surface area contributed by atoms with Gasteiger partial charge in [-0.1, -0.05) is 0 Å². The smallest absolute Gasteiger partial charge is 0.391 e. The molecule has 0 aliphatic carbocycles. The molecule has 1 aliphatic heterocycles. The van der Waals surface area contributed by atoms with Crippen molar-refractivity contribution in [2.45, 2.75) is 25.1 Å². The molecule has 2 N–H and O–H groups in total. The van der Waals surface area contributed by atoms with Gasteiger partial charge in [-0.3, -0.25) is 0 Å². The van der Waals surface area contributed by atoms with Crippen molar-refractivity contribution in [2.75, 3.05) is 18.4 Å². The summed E-state index contributed by atoms with van der Waals surface area (Å²) in [5.74, 6) is 0. The first-order valence-corrected chi connectivity index (χ1v) is 6.13. The van der Waals surface area contributed by atoms with Gasteiger partial charge in [0.2, 0.25) is 0 Å². The number of halogens is 3. The van der Waals surface area contributed by atoms with E-state index in [4.69, 9.17) is 0 Å². The molecule has 0 spiro atoms. The number of likely N-dealkylation sites (tertiary alicyclic amines) is 1. The zero-order valence-electron chi connectivity index (χ0n) is 10.5. The van der Waals surface area contributed by atoms with Gasteiger partial charge in [-0.25, -0.2) is 9.78 Å². The van der Waals surface area contributed by atoms with Crippen LogP contribution in [0.4, 0.5) is 23.7 Å². The second-order valence-electron chi connectivity index (χ2n) is 4.60. The third-order valence-corrected chi connectivity index (χ3v) is 2.99. The number of alkyl halides is 3. The molecule has 1 fully saturated rings. The fraction of sp³-hybridized carbons (Fsp3) is 0.500. The molecule has 1 unspecified atom stereocenters. The Morgan fingerprint density at radius 3 is 2.75 bits per heavy atom. The van der Waals surface area contributed by atoms with Crippen LogP contribution in [0.2, 0.25) is 0 Å². The highest BCUT2D eigenvalue weighted by molar-refractivity contribution is 5.89. The quantitative estimate of drug-likeness (QED) is 0.832. The van der Waals surface area contributed by atoms with Crippen LogP contribution < -0.4 is 5.32 Å². The first-order chi connectivity index (χ1) is 9.36. The average Bonchev–Trinajstić information content (AvgIpc) is 2.38. The third-order valence-electron chi connectivity index (χ3n) is 2.99. The molecule has 8 heteroatoms. The van der Waals surface area contributed by atoms with Crippen molar-refractivity contribution in [1.29, 1.82) is 0 Å². The number of pyridine rings is 1.